The number of alkyl halides is 3. The van der Waals surface area contributed by atoms with E-state index in [-0.39, 0.29) is 10.2 Å². The molecule has 0 unspecified atom stereocenters. The maximum atomic E-state index is 12.7. The zero-order valence-corrected chi connectivity index (χ0v) is 17.2. The number of nitrogens with one attached hydrogen (secondary N) is 1. The molecule has 0 atom stereocenters. The van der Waals surface area contributed by atoms with E-state index in [0.717, 1.165) is 17.3 Å². The van der Waals surface area contributed by atoms with Crippen LogP contribution < -0.4 is 5.32 Å². The van der Waals surface area contributed by atoms with Crippen LogP contribution in [0.3, 0.4) is 0 Å². The van der Waals surface area contributed by atoms with Crippen molar-refractivity contribution in [2.24, 2.45) is 0 Å². The molecule has 0 saturated heterocycles. The molecule has 6 nitrogen and oxygen atoms in total. The van der Waals surface area contributed by atoms with Crippen molar-refractivity contribution < 1.29 is 28.2 Å². The van der Waals surface area contributed by atoms with Crippen LogP contribution in [0.2, 0.25) is 5.02 Å². The van der Waals surface area contributed by atoms with Gasteiger partial charge in [0, 0.05) is 22.0 Å². The van der Waals surface area contributed by atoms with Crippen molar-refractivity contribution in [3.63, 3.8) is 0 Å². The first-order valence-electron chi connectivity index (χ1n) is 8.20. The van der Waals surface area contributed by atoms with Crippen molar-refractivity contribution >= 4 is 46.3 Å². The van der Waals surface area contributed by atoms with Crippen LogP contribution >= 0.6 is 34.7 Å². The Morgan fingerprint density at radius 1 is 1.13 bits per heavy atom. The third-order valence-electron chi connectivity index (χ3n) is 3.75. The molecule has 0 aliphatic rings. The van der Waals surface area contributed by atoms with Crippen molar-refractivity contribution in [1.82, 2.24) is 10.2 Å². The van der Waals surface area contributed by atoms with Gasteiger partial charge in [0.15, 0.2) is 9.35 Å². The van der Waals surface area contributed by atoms with E-state index in [1.165, 1.54) is 0 Å². The second-order valence-electron chi connectivity index (χ2n) is 5.99. The predicted molar refractivity (Wildman–Crippen MR) is 107 cm³/mol. The third-order valence-corrected chi connectivity index (χ3v) is 6.23. The molecular formula is C18H13ClF3N3O3S2. The van der Waals surface area contributed by atoms with Crippen LogP contribution in [0, 0.1) is 0 Å². The number of carbonyl (C=O) groups is 1. The number of hydrogen-bond acceptors (Lipinski definition) is 7. The van der Waals surface area contributed by atoms with Gasteiger partial charge < -0.3 is 15.5 Å². The van der Waals surface area contributed by atoms with Gasteiger partial charge in [0.2, 0.25) is 0 Å². The van der Waals surface area contributed by atoms with Crippen molar-refractivity contribution in [3.8, 4) is 0 Å². The van der Waals surface area contributed by atoms with E-state index in [1.807, 2.05) is 0 Å². The molecule has 0 bridgehead atoms. The number of thioether (sulfide) groups is 1. The van der Waals surface area contributed by atoms with Gasteiger partial charge in [-0.3, -0.25) is 4.79 Å². The molecule has 3 rings (SSSR count). The van der Waals surface area contributed by atoms with Gasteiger partial charge in [0.1, 0.15) is 0 Å². The van der Waals surface area contributed by atoms with Crippen LogP contribution in [0.1, 0.15) is 20.9 Å². The highest BCUT2D eigenvalue weighted by Crippen LogP contribution is 2.39. The summed E-state index contributed by atoms with van der Waals surface area (Å²) in [5.41, 5.74) is 1.73. The summed E-state index contributed by atoms with van der Waals surface area (Å²) in [6, 6.07) is 13.3. The quantitative estimate of drug-likeness (QED) is 0.360. The van der Waals surface area contributed by atoms with Crippen LogP contribution in [-0.4, -0.2) is 32.5 Å². The summed E-state index contributed by atoms with van der Waals surface area (Å²) in [6.45, 7) is 0. The first kappa shape index (κ1) is 22.5. The number of amides is 1. The standard InChI is InChI=1S/C18H13ClF3N3O3S2/c19-12-6-4-11(5-7-12)14(26)23-13-3-1-2-10(8-13)9-29-16-25-24-15(30-16)17(27,28)18(20,21)22/h1-8,27-28H,9H2,(H,23,26). The minimum Gasteiger partial charge on any atom is -0.353 e. The molecule has 3 aromatic rings. The fourth-order valence-electron chi connectivity index (χ4n) is 2.22. The van der Waals surface area contributed by atoms with Crippen LogP contribution in [-0.2, 0) is 11.5 Å². The average Bonchev–Trinajstić information content (AvgIpc) is 3.16. The summed E-state index contributed by atoms with van der Waals surface area (Å²) in [5.74, 6) is -4.05. The van der Waals surface area contributed by atoms with E-state index < -0.39 is 17.0 Å². The molecule has 30 heavy (non-hydrogen) atoms. The molecule has 1 aromatic heterocycles. The number of nitrogens with zero attached hydrogens (tertiary/aromatic N) is 2. The van der Waals surface area contributed by atoms with Gasteiger partial charge in [-0.05, 0) is 42.0 Å². The number of halogens is 4. The first-order valence-corrected chi connectivity index (χ1v) is 10.4. The summed E-state index contributed by atoms with van der Waals surface area (Å²) < 4.78 is 38.1. The Morgan fingerprint density at radius 2 is 1.83 bits per heavy atom. The SMILES string of the molecule is O=C(Nc1cccc(CSc2nnc(C(O)(O)C(F)(F)F)s2)c1)c1ccc(Cl)cc1. The molecule has 0 aliphatic heterocycles. The maximum Gasteiger partial charge on any atom is 0.450 e. The van der Waals surface area contributed by atoms with E-state index in [0.29, 0.717) is 33.4 Å². The van der Waals surface area contributed by atoms with Gasteiger partial charge in [-0.25, -0.2) is 0 Å². The summed E-state index contributed by atoms with van der Waals surface area (Å²) >= 11 is 7.32. The molecule has 158 valence electrons. The molecular weight excluding hydrogens is 463 g/mol. The lowest BCUT2D eigenvalue weighted by Crippen LogP contribution is -2.41. The summed E-state index contributed by atoms with van der Waals surface area (Å²) in [4.78, 5) is 12.3. The fourth-order valence-corrected chi connectivity index (χ4v) is 4.15. The van der Waals surface area contributed by atoms with E-state index in [4.69, 9.17) is 11.6 Å². The fraction of sp³-hybridized carbons (Fsp3) is 0.167. The van der Waals surface area contributed by atoms with Gasteiger partial charge >= 0.3 is 12.0 Å². The highest BCUT2D eigenvalue weighted by atomic mass is 35.5. The van der Waals surface area contributed by atoms with Gasteiger partial charge in [-0.1, -0.05) is 46.8 Å². The summed E-state index contributed by atoms with van der Waals surface area (Å²) in [6.07, 6.45) is -5.29. The Labute approximate surface area is 181 Å². The number of hydrogen-bond donors (Lipinski definition) is 3. The highest BCUT2D eigenvalue weighted by molar-refractivity contribution is 8.00. The largest absolute Gasteiger partial charge is 0.450 e. The highest BCUT2D eigenvalue weighted by Gasteiger charge is 2.57. The minimum absolute atomic E-state index is 0.136. The zero-order chi connectivity index (χ0) is 21.9. The molecule has 0 radical (unpaired) electrons. The zero-order valence-electron chi connectivity index (χ0n) is 14.9. The number of carbonyl (C=O) groups excluding carboxylic acids is 1. The normalized spacial score (nSPS) is 12.1. The molecule has 0 saturated carbocycles. The molecule has 12 heteroatoms. The monoisotopic (exact) mass is 475 g/mol. The topological polar surface area (TPSA) is 95.3 Å². The van der Waals surface area contributed by atoms with Crippen molar-refractivity contribution in [3.05, 3.63) is 69.7 Å². The van der Waals surface area contributed by atoms with Crippen LogP contribution in [0.25, 0.3) is 0 Å². The molecule has 0 spiro atoms. The van der Waals surface area contributed by atoms with E-state index in [9.17, 15) is 28.2 Å². The molecule has 1 heterocycles. The number of anilines is 1. The number of benzene rings is 2. The van der Waals surface area contributed by atoms with E-state index in [2.05, 4.69) is 15.5 Å². The summed E-state index contributed by atoms with van der Waals surface area (Å²) in [5, 5.41) is 27.6. The smallest absolute Gasteiger partial charge is 0.353 e. The number of rotatable bonds is 6. The molecule has 0 fully saturated rings. The predicted octanol–water partition coefficient (Wildman–Crippen LogP) is 4.44. The lowest BCUT2D eigenvalue weighted by molar-refractivity contribution is -0.358. The van der Waals surface area contributed by atoms with Gasteiger partial charge in [0.05, 0.1) is 0 Å². The van der Waals surface area contributed by atoms with Crippen LogP contribution in [0.5, 0.6) is 0 Å². The first-order chi connectivity index (χ1) is 14.1. The Balaban J connectivity index is 1.64. The Kier molecular flexibility index (Phi) is 6.68. The molecule has 2 aromatic carbocycles. The van der Waals surface area contributed by atoms with Gasteiger partial charge in [-0.15, -0.1) is 10.2 Å². The van der Waals surface area contributed by atoms with Crippen molar-refractivity contribution in [1.29, 1.82) is 0 Å². The average molecular weight is 476 g/mol. The number of aromatic nitrogens is 2. The minimum atomic E-state index is -5.29. The van der Waals surface area contributed by atoms with Crippen molar-refractivity contribution in [2.75, 3.05) is 5.32 Å². The molecule has 3 N–H and O–H groups in total. The second-order valence-corrected chi connectivity index (χ2v) is 8.63. The third kappa shape index (κ3) is 5.29. The Morgan fingerprint density at radius 3 is 2.50 bits per heavy atom. The van der Waals surface area contributed by atoms with E-state index >= 15 is 0 Å². The molecule has 1 amide bonds. The summed E-state index contributed by atoms with van der Waals surface area (Å²) in [7, 11) is 0. The van der Waals surface area contributed by atoms with Crippen LogP contribution in [0.15, 0.2) is 52.9 Å². The van der Waals surface area contributed by atoms with Gasteiger partial charge in [0.25, 0.3) is 5.91 Å². The maximum absolute atomic E-state index is 12.7. The Bertz CT molecular complexity index is 1040. The van der Waals surface area contributed by atoms with E-state index in [1.54, 1.807) is 48.5 Å². The van der Waals surface area contributed by atoms with Gasteiger partial charge in [-0.2, -0.15) is 13.2 Å². The number of aliphatic hydroxyl groups is 2. The van der Waals surface area contributed by atoms with Crippen LogP contribution in [0.4, 0.5) is 18.9 Å². The van der Waals surface area contributed by atoms with Crippen molar-refractivity contribution in [2.45, 2.75) is 22.1 Å². The lowest BCUT2D eigenvalue weighted by Gasteiger charge is -2.20. The molecule has 0 aliphatic carbocycles. The second kappa shape index (κ2) is 8.90. The Hall–Kier alpha value is -2.18. The lowest BCUT2D eigenvalue weighted by atomic mass is 10.2.